The molecule has 0 bridgehead atoms. The molecule has 0 aliphatic rings. The first-order valence-corrected chi connectivity index (χ1v) is 15.0. The Morgan fingerprint density at radius 2 is 1.60 bits per heavy atom. The third-order valence-electron chi connectivity index (χ3n) is 7.01. The molecular weight excluding hydrogens is 561 g/mol. The fraction of sp³-hybridized carbons (Fsp3) is 0.355. The summed E-state index contributed by atoms with van der Waals surface area (Å²) in [5.74, 6) is -1.05. The van der Waals surface area contributed by atoms with Crippen molar-refractivity contribution < 1.29 is 31.9 Å². The highest BCUT2D eigenvalue weighted by Crippen LogP contribution is 2.34. The van der Waals surface area contributed by atoms with E-state index < -0.39 is 40.2 Å². The number of anilines is 1. The van der Waals surface area contributed by atoms with E-state index in [2.05, 4.69) is 5.32 Å². The molecule has 9 nitrogen and oxygen atoms in total. The second-order valence-electron chi connectivity index (χ2n) is 9.97. The number of nitrogens with one attached hydrogen (secondary N) is 1. The van der Waals surface area contributed by atoms with Crippen LogP contribution in [0.15, 0.2) is 71.6 Å². The second-order valence-corrected chi connectivity index (χ2v) is 11.8. The highest BCUT2D eigenvalue weighted by molar-refractivity contribution is 7.92. The molecule has 11 heteroatoms. The van der Waals surface area contributed by atoms with Crippen LogP contribution in [0, 0.1) is 12.7 Å². The molecule has 0 aliphatic carbocycles. The number of hydrogen-bond donors (Lipinski definition) is 1. The van der Waals surface area contributed by atoms with Gasteiger partial charge < -0.3 is 19.7 Å². The van der Waals surface area contributed by atoms with Crippen molar-refractivity contribution in [1.29, 1.82) is 0 Å². The first kappa shape index (κ1) is 32.4. The lowest BCUT2D eigenvalue weighted by Crippen LogP contribution is -2.52. The van der Waals surface area contributed by atoms with Crippen LogP contribution in [0.5, 0.6) is 11.5 Å². The van der Waals surface area contributed by atoms with Gasteiger partial charge in [-0.2, -0.15) is 0 Å². The lowest BCUT2D eigenvalue weighted by Gasteiger charge is -2.32. The maximum absolute atomic E-state index is 14.7. The van der Waals surface area contributed by atoms with Crippen molar-refractivity contribution in [3.8, 4) is 11.5 Å². The molecule has 3 rings (SSSR count). The largest absolute Gasteiger partial charge is 0.493 e. The van der Waals surface area contributed by atoms with Crippen LogP contribution in [0.2, 0.25) is 0 Å². The highest BCUT2D eigenvalue weighted by atomic mass is 32.2. The topological polar surface area (TPSA) is 105 Å². The summed E-state index contributed by atoms with van der Waals surface area (Å²) in [5, 5.41) is 2.85. The number of aryl methyl sites for hydroxylation is 1. The molecule has 3 aromatic carbocycles. The number of ether oxygens (including phenoxy) is 2. The van der Waals surface area contributed by atoms with Gasteiger partial charge in [0.05, 0.1) is 24.8 Å². The first-order chi connectivity index (χ1) is 19.9. The van der Waals surface area contributed by atoms with Crippen LogP contribution < -0.4 is 19.1 Å². The van der Waals surface area contributed by atoms with Crippen molar-refractivity contribution in [3.63, 3.8) is 0 Å². The van der Waals surface area contributed by atoms with Gasteiger partial charge in [-0.25, -0.2) is 12.8 Å². The van der Waals surface area contributed by atoms with E-state index in [0.29, 0.717) is 12.2 Å². The molecule has 0 heterocycles. The lowest BCUT2D eigenvalue weighted by atomic mass is 10.1. The van der Waals surface area contributed by atoms with Crippen LogP contribution in [0.4, 0.5) is 10.1 Å². The molecule has 226 valence electrons. The van der Waals surface area contributed by atoms with Crippen LogP contribution in [-0.2, 0) is 26.2 Å². The number of nitrogens with zero attached hydrogens (tertiary/aromatic N) is 2. The number of amides is 2. The minimum absolute atomic E-state index is 0.0288. The molecule has 3 aromatic rings. The highest BCUT2D eigenvalue weighted by Gasteiger charge is 2.33. The Kier molecular flexibility index (Phi) is 10.9. The van der Waals surface area contributed by atoms with Crippen molar-refractivity contribution >= 4 is 27.5 Å². The van der Waals surface area contributed by atoms with Crippen LogP contribution in [0.1, 0.15) is 38.3 Å². The van der Waals surface area contributed by atoms with Crippen molar-refractivity contribution in [2.24, 2.45) is 0 Å². The summed E-state index contributed by atoms with van der Waals surface area (Å²) in [4.78, 5) is 28.3. The number of carbonyl (C=O) groups excluding carboxylic acids is 2. The minimum atomic E-state index is -4.28. The van der Waals surface area contributed by atoms with Gasteiger partial charge in [0, 0.05) is 24.2 Å². The average Bonchev–Trinajstić information content (AvgIpc) is 2.98. The van der Waals surface area contributed by atoms with Crippen LogP contribution in [0.25, 0.3) is 0 Å². The quantitative estimate of drug-likeness (QED) is 0.306. The van der Waals surface area contributed by atoms with Gasteiger partial charge in [-0.05, 0) is 57.5 Å². The van der Waals surface area contributed by atoms with Crippen LogP contribution >= 0.6 is 0 Å². The summed E-state index contributed by atoms with van der Waals surface area (Å²) in [6, 6.07) is 15.5. The van der Waals surface area contributed by atoms with Gasteiger partial charge in [0.25, 0.3) is 10.0 Å². The number of rotatable bonds is 13. The van der Waals surface area contributed by atoms with E-state index in [-0.39, 0.29) is 34.5 Å². The molecule has 0 saturated heterocycles. The smallest absolute Gasteiger partial charge is 0.264 e. The zero-order valence-electron chi connectivity index (χ0n) is 24.8. The van der Waals surface area contributed by atoms with E-state index >= 15 is 0 Å². The molecule has 1 N–H and O–H groups in total. The summed E-state index contributed by atoms with van der Waals surface area (Å²) in [5.41, 5.74) is 1.19. The molecular formula is C31H38FN3O6S. The van der Waals surface area contributed by atoms with E-state index in [9.17, 15) is 22.4 Å². The number of benzene rings is 3. The maximum atomic E-state index is 14.7. The van der Waals surface area contributed by atoms with Crippen LogP contribution in [-0.4, -0.2) is 58.0 Å². The average molecular weight is 600 g/mol. The minimum Gasteiger partial charge on any atom is -0.493 e. The third kappa shape index (κ3) is 7.58. The van der Waals surface area contributed by atoms with E-state index in [1.54, 1.807) is 18.2 Å². The van der Waals surface area contributed by atoms with Gasteiger partial charge >= 0.3 is 0 Å². The molecule has 42 heavy (non-hydrogen) atoms. The Labute approximate surface area is 247 Å². The van der Waals surface area contributed by atoms with E-state index in [1.807, 2.05) is 20.8 Å². The van der Waals surface area contributed by atoms with E-state index in [1.165, 1.54) is 74.6 Å². The zero-order chi connectivity index (χ0) is 31.0. The molecule has 2 amide bonds. The van der Waals surface area contributed by atoms with Gasteiger partial charge in [-0.3, -0.25) is 13.9 Å². The van der Waals surface area contributed by atoms with Crippen LogP contribution in [0.3, 0.4) is 0 Å². The predicted octanol–water partition coefficient (Wildman–Crippen LogP) is 4.68. The molecule has 2 atom stereocenters. The standard InChI is InChI=1S/C31H38FN3O6S/c1-7-22(3)33-31(37)23(4)34(19-24-10-8-9-11-27(24)32)30(36)20-35(25-14-17-28(40-5)29(18-25)41-6)42(38,39)26-15-12-21(2)13-16-26/h8-18,22-23H,7,19-20H2,1-6H3,(H,33,37)/t22-,23-/m1/s1. The Hall–Kier alpha value is -4.12. The summed E-state index contributed by atoms with van der Waals surface area (Å²) >= 11 is 0. The van der Waals surface area contributed by atoms with Crippen molar-refractivity contribution in [2.75, 3.05) is 25.1 Å². The number of hydrogen-bond acceptors (Lipinski definition) is 6. The summed E-state index contributed by atoms with van der Waals surface area (Å²) < 4.78 is 54.3. The molecule has 0 spiro atoms. The zero-order valence-corrected chi connectivity index (χ0v) is 25.6. The Morgan fingerprint density at radius 3 is 2.19 bits per heavy atom. The SMILES string of the molecule is CC[C@@H](C)NC(=O)[C@@H](C)N(Cc1ccccc1F)C(=O)CN(c1ccc(OC)c(OC)c1)S(=O)(=O)c1ccc(C)cc1. The normalized spacial score (nSPS) is 12.6. The van der Waals surface area contributed by atoms with E-state index in [4.69, 9.17) is 9.47 Å². The Balaban J connectivity index is 2.10. The fourth-order valence-corrected chi connectivity index (χ4v) is 5.61. The lowest BCUT2D eigenvalue weighted by molar-refractivity contribution is -0.139. The fourth-order valence-electron chi connectivity index (χ4n) is 4.20. The van der Waals surface area contributed by atoms with Gasteiger partial charge in [-0.15, -0.1) is 0 Å². The first-order valence-electron chi connectivity index (χ1n) is 13.6. The van der Waals surface area contributed by atoms with Gasteiger partial charge in [0.1, 0.15) is 18.4 Å². The van der Waals surface area contributed by atoms with Gasteiger partial charge in [0.2, 0.25) is 11.8 Å². The molecule has 0 unspecified atom stereocenters. The number of sulfonamides is 1. The molecule has 0 saturated carbocycles. The Morgan fingerprint density at radius 1 is 0.952 bits per heavy atom. The number of carbonyl (C=O) groups is 2. The van der Waals surface area contributed by atoms with Crippen molar-refractivity contribution in [3.05, 3.63) is 83.7 Å². The summed E-state index contributed by atoms with van der Waals surface area (Å²) in [7, 11) is -1.41. The molecule has 0 aromatic heterocycles. The molecule has 0 radical (unpaired) electrons. The van der Waals surface area contributed by atoms with Crippen molar-refractivity contribution in [2.45, 2.75) is 57.6 Å². The monoisotopic (exact) mass is 599 g/mol. The van der Waals surface area contributed by atoms with Crippen molar-refractivity contribution in [1.82, 2.24) is 10.2 Å². The second kappa shape index (κ2) is 14.2. The summed E-state index contributed by atoms with van der Waals surface area (Å²) in [6.45, 7) is 6.20. The van der Waals surface area contributed by atoms with Gasteiger partial charge in [-0.1, -0.05) is 42.8 Å². The predicted molar refractivity (Wildman–Crippen MR) is 160 cm³/mol. The third-order valence-corrected chi connectivity index (χ3v) is 8.80. The summed E-state index contributed by atoms with van der Waals surface area (Å²) in [6.07, 6.45) is 0.668. The molecule has 0 aliphatic heterocycles. The number of halogens is 1. The maximum Gasteiger partial charge on any atom is 0.264 e. The Bertz CT molecular complexity index is 1500. The number of methoxy groups -OCH3 is 2. The van der Waals surface area contributed by atoms with E-state index in [0.717, 1.165) is 9.87 Å². The van der Waals surface area contributed by atoms with Gasteiger partial charge in [0.15, 0.2) is 11.5 Å². The molecule has 0 fully saturated rings.